The zero-order valence-corrected chi connectivity index (χ0v) is 34.0. The second-order valence-corrected chi connectivity index (χ2v) is 15.2. The van der Waals surface area contributed by atoms with Gasteiger partial charge in [0.25, 0.3) is 0 Å². The minimum absolute atomic E-state index is 0.128. The van der Waals surface area contributed by atoms with Crippen LogP contribution in [-0.4, -0.2) is 53.3 Å². The van der Waals surface area contributed by atoms with Crippen molar-refractivity contribution in [3.05, 3.63) is 60.8 Å². The molecule has 3 atom stereocenters. The van der Waals surface area contributed by atoms with Gasteiger partial charge in [-0.25, -0.2) is 4.57 Å². The maximum Gasteiger partial charge on any atom is 0.469 e. The molecule has 1 saturated heterocycles. The maximum atomic E-state index is 12.4. The molecular weight excluding hydrogens is 691 g/mol. The maximum absolute atomic E-state index is 12.4. The Morgan fingerprint density at radius 1 is 0.604 bits per heavy atom. The zero-order valence-electron chi connectivity index (χ0n) is 33.1. The third-order valence-electron chi connectivity index (χ3n) is 8.93. The first-order valence-electron chi connectivity index (χ1n) is 20.7. The molecule has 1 aliphatic heterocycles. The van der Waals surface area contributed by atoms with Crippen molar-refractivity contribution in [2.45, 2.75) is 186 Å². The summed E-state index contributed by atoms with van der Waals surface area (Å²) in [6.45, 7) is 3.57. The van der Waals surface area contributed by atoms with E-state index in [0.29, 0.717) is 31.5 Å². The lowest BCUT2D eigenvalue weighted by molar-refractivity contribution is -0.161. The summed E-state index contributed by atoms with van der Waals surface area (Å²) in [5, 5.41) is 0. The van der Waals surface area contributed by atoms with E-state index in [1.54, 1.807) is 0 Å². The monoisotopic (exact) mass is 764 g/mol. The van der Waals surface area contributed by atoms with Gasteiger partial charge >= 0.3 is 19.8 Å². The first-order chi connectivity index (χ1) is 25.7. The van der Waals surface area contributed by atoms with Crippen molar-refractivity contribution in [3.63, 3.8) is 0 Å². The van der Waals surface area contributed by atoms with Gasteiger partial charge in [0.15, 0.2) is 6.10 Å². The van der Waals surface area contributed by atoms with E-state index in [9.17, 15) is 14.2 Å². The highest BCUT2D eigenvalue weighted by Gasteiger charge is 2.36. The Bertz CT molecular complexity index is 1110. The van der Waals surface area contributed by atoms with E-state index in [2.05, 4.69) is 73.1 Å². The Balaban J connectivity index is 2.11. The summed E-state index contributed by atoms with van der Waals surface area (Å²) in [6.07, 6.45) is 45.5. The number of carbonyl (C=O) groups excluding carboxylic acids is 2. The first-order valence-corrected chi connectivity index (χ1v) is 22.2. The number of rotatable bonds is 36. The van der Waals surface area contributed by atoms with Crippen LogP contribution in [0.15, 0.2) is 60.8 Å². The van der Waals surface area contributed by atoms with Crippen molar-refractivity contribution in [3.8, 4) is 0 Å². The minimum atomic E-state index is -4.78. The zero-order chi connectivity index (χ0) is 38.7. The fourth-order valence-electron chi connectivity index (χ4n) is 5.72. The molecule has 2 N–H and O–H groups in total. The molecule has 1 aliphatic rings. The van der Waals surface area contributed by atoms with Crippen LogP contribution in [-0.2, 0) is 32.9 Å². The Labute approximate surface area is 322 Å². The highest BCUT2D eigenvalue weighted by Crippen LogP contribution is 2.36. The number of phosphoric ester groups is 1. The lowest BCUT2D eigenvalue weighted by Crippen LogP contribution is -2.29. The molecule has 1 rings (SSSR count). The van der Waals surface area contributed by atoms with Crippen molar-refractivity contribution in [1.82, 2.24) is 0 Å². The highest BCUT2D eigenvalue weighted by atomic mass is 31.2. The largest absolute Gasteiger partial charge is 0.469 e. The van der Waals surface area contributed by atoms with Crippen molar-refractivity contribution >= 4 is 19.8 Å². The van der Waals surface area contributed by atoms with Gasteiger partial charge in [-0.3, -0.25) is 14.1 Å². The number of ether oxygens (including phenoxy) is 3. The molecule has 9 nitrogen and oxygen atoms in total. The summed E-state index contributed by atoms with van der Waals surface area (Å²) in [4.78, 5) is 42.8. The van der Waals surface area contributed by atoms with Crippen LogP contribution in [0.1, 0.15) is 168 Å². The number of phosphoric acid groups is 1. The smallest absolute Gasteiger partial charge is 0.462 e. The van der Waals surface area contributed by atoms with Gasteiger partial charge in [0, 0.05) is 12.8 Å². The van der Waals surface area contributed by atoms with Gasteiger partial charge in [0.2, 0.25) is 0 Å². The molecule has 1 fully saturated rings. The highest BCUT2D eigenvalue weighted by molar-refractivity contribution is 7.46. The van der Waals surface area contributed by atoms with Crippen LogP contribution >= 0.6 is 7.82 Å². The Hall–Kier alpha value is -2.29. The molecule has 0 aromatic heterocycles. The lowest BCUT2D eigenvalue weighted by Gasteiger charge is -2.18. The number of unbranched alkanes of at least 4 members (excludes halogenated alkanes) is 13. The van der Waals surface area contributed by atoms with Crippen molar-refractivity contribution in [2.24, 2.45) is 0 Å². The molecule has 0 radical (unpaired) electrons. The van der Waals surface area contributed by atoms with Crippen LogP contribution in [0.4, 0.5) is 0 Å². The van der Waals surface area contributed by atoms with Gasteiger partial charge in [-0.2, -0.15) is 0 Å². The van der Waals surface area contributed by atoms with Gasteiger partial charge in [-0.15, -0.1) is 0 Å². The fourth-order valence-corrected chi connectivity index (χ4v) is 6.08. The summed E-state index contributed by atoms with van der Waals surface area (Å²) in [5.74, 6) is -0.968. The van der Waals surface area contributed by atoms with E-state index in [1.165, 1.54) is 70.6 Å². The molecule has 10 heteroatoms. The minimum Gasteiger partial charge on any atom is -0.462 e. The van der Waals surface area contributed by atoms with Crippen LogP contribution in [0.5, 0.6) is 0 Å². The van der Waals surface area contributed by atoms with E-state index in [-0.39, 0.29) is 19.4 Å². The Kier molecular flexibility index (Phi) is 31.5. The van der Waals surface area contributed by atoms with Crippen LogP contribution in [0.2, 0.25) is 0 Å². The van der Waals surface area contributed by atoms with E-state index < -0.39 is 32.5 Å². The van der Waals surface area contributed by atoms with Crippen LogP contribution in [0.25, 0.3) is 0 Å². The van der Waals surface area contributed by atoms with Gasteiger partial charge in [0.05, 0.1) is 18.8 Å². The molecule has 53 heavy (non-hydrogen) atoms. The fraction of sp³-hybridized carbons (Fsp3) is 0.721. The Morgan fingerprint density at radius 3 is 1.74 bits per heavy atom. The SMILES string of the molecule is CCCCC/C=C\C/C=C\CCCCCCCCCC(=O)OC[C@H](COP(=O)(O)O)OC(=O)CCC/C=C\C/C=C\C/C=C\CC1OC1CCCCC. The number of allylic oxidation sites excluding steroid dienone is 9. The number of hydrogen-bond donors (Lipinski definition) is 2. The first kappa shape index (κ1) is 48.7. The molecule has 304 valence electrons. The average molecular weight is 765 g/mol. The van der Waals surface area contributed by atoms with Crippen LogP contribution in [0, 0.1) is 0 Å². The third-order valence-corrected chi connectivity index (χ3v) is 9.42. The summed E-state index contributed by atoms with van der Waals surface area (Å²) in [6, 6.07) is 0. The number of hydrogen-bond acceptors (Lipinski definition) is 7. The predicted molar refractivity (Wildman–Crippen MR) is 215 cm³/mol. The second kappa shape index (κ2) is 34.2. The molecule has 0 amide bonds. The standard InChI is InChI=1S/C43H73O9P/c1-3-5-7-8-9-10-11-12-13-14-15-16-17-21-24-27-31-35-42(44)49-37-39(38-50-53(46,47)48)51-43(45)36-32-28-25-22-19-18-20-23-26-30-34-41-40(52-41)33-29-6-4-2/h9-10,12-13,18,20,22,25-26,30,39-41H,3-8,11,14-17,19,21,23-24,27-29,31-38H2,1-2H3,(H2,46,47,48)/b10-9-,13-12-,20-18-,25-22-,30-26-/t39-,40?,41?/m1/s1. The molecule has 0 saturated carbocycles. The third kappa shape index (κ3) is 34.0. The quantitative estimate of drug-likeness (QED) is 0.0210. The lowest BCUT2D eigenvalue weighted by atomic mass is 10.1. The van der Waals surface area contributed by atoms with Crippen molar-refractivity contribution in [1.29, 1.82) is 0 Å². The van der Waals surface area contributed by atoms with Crippen molar-refractivity contribution in [2.75, 3.05) is 13.2 Å². The normalized spacial score (nSPS) is 16.9. The van der Waals surface area contributed by atoms with Gasteiger partial charge in [-0.05, 0) is 77.0 Å². The topological polar surface area (TPSA) is 132 Å². The van der Waals surface area contributed by atoms with Gasteiger partial charge in [0.1, 0.15) is 6.61 Å². The molecule has 2 unspecified atom stereocenters. The van der Waals surface area contributed by atoms with Crippen LogP contribution < -0.4 is 0 Å². The van der Waals surface area contributed by atoms with E-state index in [1.807, 2.05) is 6.08 Å². The van der Waals surface area contributed by atoms with Crippen molar-refractivity contribution < 1.29 is 42.7 Å². The molecule has 0 aromatic rings. The number of carbonyl (C=O) groups is 2. The molecule has 0 aromatic carbocycles. The van der Waals surface area contributed by atoms with E-state index in [4.69, 9.17) is 24.0 Å². The van der Waals surface area contributed by atoms with Gasteiger partial charge < -0.3 is 24.0 Å². The molecule has 0 aliphatic carbocycles. The summed E-state index contributed by atoms with van der Waals surface area (Å²) in [5.41, 5.74) is 0. The summed E-state index contributed by atoms with van der Waals surface area (Å²) in [7, 11) is -4.78. The van der Waals surface area contributed by atoms with Gasteiger partial charge in [-0.1, -0.05) is 139 Å². The van der Waals surface area contributed by atoms with E-state index in [0.717, 1.165) is 51.4 Å². The number of esters is 2. The van der Waals surface area contributed by atoms with E-state index >= 15 is 0 Å². The number of epoxide rings is 1. The molecule has 0 spiro atoms. The predicted octanol–water partition coefficient (Wildman–Crippen LogP) is 11.5. The van der Waals surface area contributed by atoms with Crippen LogP contribution in [0.3, 0.4) is 0 Å². The molecule has 0 bridgehead atoms. The summed E-state index contributed by atoms with van der Waals surface area (Å²) >= 11 is 0. The average Bonchev–Trinajstić information content (AvgIpc) is 3.88. The Morgan fingerprint density at radius 2 is 1.11 bits per heavy atom. The molecule has 1 heterocycles. The second-order valence-electron chi connectivity index (χ2n) is 14.0. The molecular formula is C43H73O9P. The summed E-state index contributed by atoms with van der Waals surface area (Å²) < 4.78 is 32.0.